The number of amidine groups is 1. The van der Waals surface area contributed by atoms with Gasteiger partial charge in [-0.15, -0.1) is 4.40 Å². The Balaban J connectivity index is 1.60. The van der Waals surface area contributed by atoms with E-state index in [1.54, 1.807) is 19.1 Å². The van der Waals surface area contributed by atoms with E-state index in [-0.39, 0.29) is 4.90 Å². The number of hydrogen-bond donors (Lipinski definition) is 1. The summed E-state index contributed by atoms with van der Waals surface area (Å²) in [4.78, 5) is 15.0. The molecule has 1 aliphatic rings. The third kappa shape index (κ3) is 5.14. The summed E-state index contributed by atoms with van der Waals surface area (Å²) in [6, 6.07) is 15.4. The van der Waals surface area contributed by atoms with Gasteiger partial charge in [0, 0.05) is 31.3 Å². The lowest BCUT2D eigenvalue weighted by Gasteiger charge is -2.17. The highest BCUT2D eigenvalue weighted by Gasteiger charge is 2.23. The molecule has 2 aromatic carbocycles. The maximum atomic E-state index is 13.1. The molecule has 1 fully saturated rings. The number of hydrogen-bond acceptors (Lipinski definition) is 5. The lowest BCUT2D eigenvalue weighted by Crippen LogP contribution is -2.26. The molecule has 2 heterocycles. The van der Waals surface area contributed by atoms with E-state index in [0.29, 0.717) is 35.0 Å². The molecule has 1 aromatic heterocycles. The second kappa shape index (κ2) is 9.58. The zero-order chi connectivity index (χ0) is 23.4. The number of carbonyl (C=O) groups excluding carboxylic acids is 1. The third-order valence-electron chi connectivity index (χ3n) is 5.59. The molecular weight excluding hydrogens is 440 g/mol. The first-order valence-corrected chi connectivity index (χ1v) is 12.3. The van der Waals surface area contributed by atoms with Crippen molar-refractivity contribution in [2.45, 2.75) is 37.5 Å². The lowest BCUT2D eigenvalue weighted by atomic mass is 10.1. The highest BCUT2D eigenvalue weighted by molar-refractivity contribution is 7.90. The largest absolute Gasteiger partial charge is 0.362 e. The summed E-state index contributed by atoms with van der Waals surface area (Å²) in [7, 11) is -2.05. The van der Waals surface area contributed by atoms with E-state index in [2.05, 4.69) is 14.9 Å². The molecule has 172 valence electrons. The SMILES string of the molecule is Cc1onc(-c2ccccc2)c1C(=O)Nc1cccc(S(=O)(=O)/N=C2\CCCCCN2C)c1. The number of aromatic nitrogens is 1. The van der Waals surface area contributed by atoms with Gasteiger partial charge in [0.2, 0.25) is 0 Å². The highest BCUT2D eigenvalue weighted by atomic mass is 32.2. The minimum absolute atomic E-state index is 0.0239. The van der Waals surface area contributed by atoms with Gasteiger partial charge >= 0.3 is 0 Å². The quantitative estimate of drug-likeness (QED) is 0.594. The van der Waals surface area contributed by atoms with E-state index >= 15 is 0 Å². The number of benzene rings is 2. The second-order valence-electron chi connectivity index (χ2n) is 8.03. The maximum Gasteiger partial charge on any atom is 0.284 e. The van der Waals surface area contributed by atoms with Crippen LogP contribution in [0.1, 0.15) is 41.8 Å². The Hall–Kier alpha value is -3.46. The topological polar surface area (TPSA) is 105 Å². The van der Waals surface area contributed by atoms with Crippen LogP contribution in [0, 0.1) is 6.92 Å². The van der Waals surface area contributed by atoms with Crippen LogP contribution < -0.4 is 5.32 Å². The number of nitrogens with one attached hydrogen (secondary N) is 1. The fourth-order valence-electron chi connectivity index (χ4n) is 3.80. The van der Waals surface area contributed by atoms with Gasteiger partial charge in [-0.25, -0.2) is 0 Å². The first kappa shape index (κ1) is 22.7. The Kier molecular flexibility index (Phi) is 6.60. The summed E-state index contributed by atoms with van der Waals surface area (Å²) in [5.41, 5.74) is 1.82. The first-order valence-electron chi connectivity index (χ1n) is 10.8. The molecule has 4 rings (SSSR count). The van der Waals surface area contributed by atoms with Gasteiger partial charge < -0.3 is 14.7 Å². The van der Waals surface area contributed by atoms with Crippen molar-refractivity contribution in [1.82, 2.24) is 10.1 Å². The number of nitrogens with zero attached hydrogens (tertiary/aromatic N) is 3. The van der Waals surface area contributed by atoms with Gasteiger partial charge in [0.1, 0.15) is 22.9 Å². The van der Waals surface area contributed by atoms with Crippen molar-refractivity contribution >= 4 is 27.5 Å². The van der Waals surface area contributed by atoms with Crippen LogP contribution in [0.5, 0.6) is 0 Å². The minimum Gasteiger partial charge on any atom is -0.362 e. The second-order valence-corrected chi connectivity index (χ2v) is 9.63. The number of amides is 1. The number of likely N-dealkylation sites (tertiary alicyclic amines) is 1. The number of rotatable bonds is 5. The molecule has 0 aliphatic carbocycles. The van der Waals surface area contributed by atoms with Crippen LogP contribution in [0.15, 0.2) is 68.4 Å². The molecule has 0 unspecified atom stereocenters. The third-order valence-corrected chi connectivity index (χ3v) is 6.89. The van der Waals surface area contributed by atoms with Crippen LogP contribution in [-0.4, -0.2) is 43.8 Å². The van der Waals surface area contributed by atoms with E-state index < -0.39 is 15.9 Å². The normalized spacial score (nSPS) is 15.9. The fraction of sp³-hybridized carbons (Fsp3) is 0.292. The van der Waals surface area contributed by atoms with Gasteiger partial charge in [-0.3, -0.25) is 4.79 Å². The van der Waals surface area contributed by atoms with Gasteiger partial charge in [0.25, 0.3) is 15.9 Å². The molecular formula is C24H26N4O4S. The summed E-state index contributed by atoms with van der Waals surface area (Å²) in [6.07, 6.45) is 3.61. The van der Waals surface area contributed by atoms with Crippen LogP contribution in [0.25, 0.3) is 11.3 Å². The molecule has 1 saturated heterocycles. The Labute approximate surface area is 193 Å². The zero-order valence-corrected chi connectivity index (χ0v) is 19.4. The van der Waals surface area contributed by atoms with Gasteiger partial charge in [-0.1, -0.05) is 48.0 Å². The Morgan fingerprint density at radius 1 is 1.09 bits per heavy atom. The Morgan fingerprint density at radius 3 is 2.67 bits per heavy atom. The molecule has 3 aromatic rings. The average Bonchev–Trinajstić information content (AvgIpc) is 3.09. The molecule has 8 nitrogen and oxygen atoms in total. The zero-order valence-electron chi connectivity index (χ0n) is 18.6. The smallest absolute Gasteiger partial charge is 0.284 e. The maximum absolute atomic E-state index is 13.1. The van der Waals surface area contributed by atoms with Crippen molar-refractivity contribution in [1.29, 1.82) is 0 Å². The summed E-state index contributed by atoms with van der Waals surface area (Å²) in [6.45, 7) is 2.45. The highest BCUT2D eigenvalue weighted by Crippen LogP contribution is 2.27. The molecule has 0 radical (unpaired) electrons. The summed E-state index contributed by atoms with van der Waals surface area (Å²) >= 11 is 0. The molecule has 0 bridgehead atoms. The van der Waals surface area contributed by atoms with Crippen LogP contribution >= 0.6 is 0 Å². The van der Waals surface area contributed by atoms with E-state index in [1.165, 1.54) is 12.1 Å². The number of carbonyl (C=O) groups is 1. The van der Waals surface area contributed by atoms with E-state index in [1.807, 2.05) is 42.3 Å². The van der Waals surface area contributed by atoms with Crippen LogP contribution in [0.3, 0.4) is 0 Å². The van der Waals surface area contributed by atoms with Crippen LogP contribution in [-0.2, 0) is 10.0 Å². The van der Waals surface area contributed by atoms with Gasteiger partial charge in [-0.2, -0.15) is 8.42 Å². The molecule has 0 spiro atoms. The van der Waals surface area contributed by atoms with Gasteiger partial charge in [0.05, 0.1) is 4.90 Å². The van der Waals surface area contributed by atoms with Gasteiger partial charge in [-0.05, 0) is 38.0 Å². The fourth-order valence-corrected chi connectivity index (χ4v) is 4.94. The van der Waals surface area contributed by atoms with E-state index in [0.717, 1.165) is 31.4 Å². The minimum atomic E-state index is -3.92. The van der Waals surface area contributed by atoms with Crippen molar-refractivity contribution in [3.63, 3.8) is 0 Å². The monoisotopic (exact) mass is 466 g/mol. The van der Waals surface area contributed by atoms with E-state index in [4.69, 9.17) is 4.52 Å². The standard InChI is InChI=1S/C24H26N4O4S/c1-17-22(23(26-32-17)18-10-5-3-6-11-18)24(29)25-19-12-9-13-20(16-19)33(30,31)27-21-14-7-4-8-15-28(21)2/h3,5-6,9-13,16H,4,7-8,14-15H2,1-2H3,(H,25,29)/b27-21+. The number of aryl methyl sites for hydroxylation is 1. The Bertz CT molecular complexity index is 1280. The Morgan fingerprint density at radius 2 is 1.88 bits per heavy atom. The van der Waals surface area contributed by atoms with Crippen molar-refractivity contribution in [2.24, 2.45) is 4.40 Å². The molecule has 33 heavy (non-hydrogen) atoms. The number of anilines is 1. The molecule has 0 saturated carbocycles. The van der Waals surface area contributed by atoms with Crippen LogP contribution in [0.2, 0.25) is 0 Å². The van der Waals surface area contributed by atoms with Gasteiger partial charge in [0.15, 0.2) is 0 Å². The average molecular weight is 467 g/mol. The summed E-state index contributed by atoms with van der Waals surface area (Å²) < 4.78 is 35.3. The molecule has 1 N–H and O–H groups in total. The van der Waals surface area contributed by atoms with Crippen molar-refractivity contribution in [3.8, 4) is 11.3 Å². The van der Waals surface area contributed by atoms with Crippen molar-refractivity contribution in [3.05, 3.63) is 65.9 Å². The van der Waals surface area contributed by atoms with Crippen molar-refractivity contribution < 1.29 is 17.7 Å². The molecule has 9 heteroatoms. The molecule has 0 atom stereocenters. The predicted molar refractivity (Wildman–Crippen MR) is 127 cm³/mol. The lowest BCUT2D eigenvalue weighted by molar-refractivity contribution is 0.102. The predicted octanol–water partition coefficient (Wildman–Crippen LogP) is 4.50. The summed E-state index contributed by atoms with van der Waals surface area (Å²) in [5.74, 6) is 0.504. The van der Waals surface area contributed by atoms with Crippen molar-refractivity contribution in [2.75, 3.05) is 18.9 Å². The van der Waals surface area contributed by atoms with E-state index in [9.17, 15) is 13.2 Å². The summed E-state index contributed by atoms with van der Waals surface area (Å²) in [5, 5.41) is 6.80. The van der Waals surface area contributed by atoms with Crippen LogP contribution in [0.4, 0.5) is 5.69 Å². The molecule has 1 aliphatic heterocycles. The first-order chi connectivity index (χ1) is 15.8. The molecule has 1 amide bonds. The number of sulfonamides is 1.